The Kier molecular flexibility index (Phi) is 19.4. The van der Waals surface area contributed by atoms with Crippen LogP contribution in [-0.4, -0.2) is 56.0 Å². The highest BCUT2D eigenvalue weighted by Crippen LogP contribution is 2.10. The average Bonchev–Trinajstić information content (AvgIpc) is 3.01. The van der Waals surface area contributed by atoms with Crippen molar-refractivity contribution in [3.63, 3.8) is 0 Å². The van der Waals surface area contributed by atoms with Gasteiger partial charge in [0.15, 0.2) is 0 Å². The first-order valence-corrected chi connectivity index (χ1v) is 12.8. The summed E-state index contributed by atoms with van der Waals surface area (Å²) >= 11 is 0. The van der Waals surface area contributed by atoms with Crippen LogP contribution >= 0.6 is 0 Å². The molecule has 0 aromatic heterocycles. The minimum atomic E-state index is -0.833. The topological polar surface area (TPSA) is 178 Å². The number of imide groups is 1. The summed E-state index contributed by atoms with van der Waals surface area (Å²) in [5, 5.41) is 23.0. The second-order valence-electron chi connectivity index (χ2n) is 8.20. The van der Waals surface area contributed by atoms with Crippen LogP contribution in [-0.2, 0) is 14.4 Å². The second kappa shape index (κ2) is 22.6. The van der Waals surface area contributed by atoms with Gasteiger partial charge < -0.3 is 15.3 Å². The first-order chi connectivity index (χ1) is 20.9. The number of benzene rings is 4. The Morgan fingerprint density at radius 1 is 0.432 bits per heavy atom. The number of hydrogen-bond donors (Lipinski definition) is 4. The molecule has 230 valence electrons. The van der Waals surface area contributed by atoms with Crippen LogP contribution in [0, 0.1) is 0 Å². The van der Waals surface area contributed by atoms with Crippen molar-refractivity contribution in [3.05, 3.63) is 144 Å². The maximum Gasteiger partial charge on any atom is 0.300 e. The highest BCUT2D eigenvalue weighted by Gasteiger charge is 2.26. The van der Waals surface area contributed by atoms with Gasteiger partial charge in [0.05, 0.1) is 0 Å². The Hall–Kier alpha value is -6.10. The molecule has 44 heavy (non-hydrogen) atoms. The number of nitrogens with zero attached hydrogens (tertiary/aromatic N) is 1. The van der Waals surface area contributed by atoms with Crippen molar-refractivity contribution in [1.82, 2.24) is 10.4 Å². The van der Waals surface area contributed by atoms with Crippen LogP contribution in [0.25, 0.3) is 0 Å². The number of hydrogen-bond acceptors (Lipinski definition) is 6. The van der Waals surface area contributed by atoms with Gasteiger partial charge in [-0.25, -0.2) is 0 Å². The van der Waals surface area contributed by atoms with Gasteiger partial charge in [-0.3, -0.25) is 34.2 Å². The van der Waals surface area contributed by atoms with Crippen LogP contribution in [0.4, 0.5) is 0 Å². The third-order valence-corrected chi connectivity index (χ3v) is 4.36. The maximum absolute atomic E-state index is 12.8. The fourth-order valence-corrected chi connectivity index (χ4v) is 2.75. The summed E-state index contributed by atoms with van der Waals surface area (Å²) in [6.07, 6.45) is 0. The summed E-state index contributed by atoms with van der Waals surface area (Å²) in [5.74, 6) is -4.26. The lowest BCUT2D eigenvalue weighted by Crippen LogP contribution is -2.49. The van der Waals surface area contributed by atoms with Crippen LogP contribution in [0.5, 0.6) is 0 Å². The van der Waals surface area contributed by atoms with E-state index in [4.69, 9.17) is 29.7 Å². The van der Waals surface area contributed by atoms with Crippen molar-refractivity contribution in [3.8, 4) is 0 Å². The molecule has 0 unspecified atom stereocenters. The van der Waals surface area contributed by atoms with E-state index in [0.29, 0.717) is 16.7 Å². The van der Waals surface area contributed by atoms with Crippen molar-refractivity contribution in [2.75, 3.05) is 0 Å². The van der Waals surface area contributed by atoms with Crippen LogP contribution < -0.4 is 5.43 Å². The summed E-state index contributed by atoms with van der Waals surface area (Å²) in [6, 6.07) is 37.0. The molecule has 0 aliphatic heterocycles. The standard InChI is InChI=1S/C21H16N2O3.C6H6.3C2H4O2/c24-19(16-10-4-1-5-11-16)22-23(20(25)17-12-6-2-7-13-17)21(26)18-14-8-3-9-15-18;1-2-4-6-5-3-1;3*1-2(3)4/h1-15H,(H,22,24);1-6H;3*1H3,(H,3,4). The molecular weight excluding hydrogens is 568 g/mol. The van der Waals surface area contributed by atoms with Crippen LogP contribution in [0.15, 0.2) is 127 Å². The number of hydrazine groups is 1. The molecule has 0 aliphatic carbocycles. The Bertz CT molecular complexity index is 1310. The largest absolute Gasteiger partial charge is 0.481 e. The third kappa shape index (κ3) is 19.1. The summed E-state index contributed by atoms with van der Waals surface area (Å²) < 4.78 is 0. The lowest BCUT2D eigenvalue weighted by Gasteiger charge is -2.21. The van der Waals surface area contributed by atoms with Crippen LogP contribution in [0.3, 0.4) is 0 Å². The minimum absolute atomic E-state index is 0.296. The molecule has 0 aliphatic rings. The van der Waals surface area contributed by atoms with Crippen LogP contribution in [0.1, 0.15) is 51.8 Å². The van der Waals surface area contributed by atoms with E-state index < -0.39 is 35.6 Å². The van der Waals surface area contributed by atoms with Gasteiger partial charge in [0.1, 0.15) is 0 Å². The van der Waals surface area contributed by atoms with E-state index in [-0.39, 0.29) is 0 Å². The SMILES string of the molecule is CC(=O)O.CC(=O)O.CC(=O)O.O=C(NN(C(=O)c1ccccc1)C(=O)c1ccccc1)c1ccccc1.c1ccccc1. The van der Waals surface area contributed by atoms with Gasteiger partial charge in [-0.15, -0.1) is 0 Å². The van der Waals surface area contributed by atoms with E-state index in [1.165, 1.54) is 0 Å². The summed E-state index contributed by atoms with van der Waals surface area (Å²) in [7, 11) is 0. The predicted octanol–water partition coefficient (Wildman–Crippen LogP) is 5.27. The van der Waals surface area contributed by atoms with E-state index in [1.54, 1.807) is 91.0 Å². The molecule has 0 spiro atoms. The van der Waals surface area contributed by atoms with Gasteiger partial charge in [0.2, 0.25) is 0 Å². The van der Waals surface area contributed by atoms with Crippen molar-refractivity contribution in [2.45, 2.75) is 20.8 Å². The fraction of sp³-hybridized carbons (Fsp3) is 0.0909. The number of carboxylic acid groups (broad SMARTS) is 3. The van der Waals surface area contributed by atoms with Crippen molar-refractivity contribution in [2.24, 2.45) is 0 Å². The maximum atomic E-state index is 12.8. The summed E-state index contributed by atoms with van der Waals surface area (Å²) in [5.41, 5.74) is 3.36. The number of carboxylic acids is 3. The third-order valence-electron chi connectivity index (χ3n) is 4.36. The van der Waals surface area contributed by atoms with E-state index in [1.807, 2.05) is 36.4 Å². The van der Waals surface area contributed by atoms with Crippen molar-refractivity contribution < 1.29 is 44.1 Å². The molecule has 0 bridgehead atoms. The monoisotopic (exact) mass is 602 g/mol. The molecule has 11 heteroatoms. The van der Waals surface area contributed by atoms with E-state index in [2.05, 4.69) is 5.43 Å². The molecule has 0 heterocycles. The van der Waals surface area contributed by atoms with E-state index in [0.717, 1.165) is 25.8 Å². The first-order valence-electron chi connectivity index (χ1n) is 12.8. The Balaban J connectivity index is 0.000000834. The molecular formula is C33H34N2O9. The fourth-order valence-electron chi connectivity index (χ4n) is 2.75. The average molecular weight is 603 g/mol. The Morgan fingerprint density at radius 3 is 0.886 bits per heavy atom. The van der Waals surface area contributed by atoms with Crippen LogP contribution in [0.2, 0.25) is 0 Å². The molecule has 4 N–H and O–H groups in total. The highest BCUT2D eigenvalue weighted by molar-refractivity contribution is 6.12. The molecule has 4 aromatic carbocycles. The molecule has 0 saturated carbocycles. The zero-order chi connectivity index (χ0) is 33.3. The molecule has 0 atom stereocenters. The Labute approximate surface area is 255 Å². The van der Waals surface area contributed by atoms with Gasteiger partial charge >= 0.3 is 0 Å². The molecule has 4 aromatic rings. The number of carbonyl (C=O) groups excluding carboxylic acids is 3. The lowest BCUT2D eigenvalue weighted by molar-refractivity contribution is -0.135. The van der Waals surface area contributed by atoms with Crippen molar-refractivity contribution in [1.29, 1.82) is 0 Å². The molecule has 11 nitrogen and oxygen atoms in total. The van der Waals surface area contributed by atoms with Gasteiger partial charge in [-0.1, -0.05) is 91.0 Å². The smallest absolute Gasteiger partial charge is 0.300 e. The van der Waals surface area contributed by atoms with Crippen molar-refractivity contribution >= 4 is 35.6 Å². The van der Waals surface area contributed by atoms with E-state index in [9.17, 15) is 14.4 Å². The Morgan fingerprint density at radius 2 is 0.636 bits per heavy atom. The molecule has 3 amide bonds. The quantitative estimate of drug-likeness (QED) is 0.179. The predicted molar refractivity (Wildman–Crippen MR) is 164 cm³/mol. The minimum Gasteiger partial charge on any atom is -0.481 e. The molecule has 4 rings (SSSR count). The lowest BCUT2D eigenvalue weighted by atomic mass is 10.1. The molecule has 0 saturated heterocycles. The zero-order valence-electron chi connectivity index (χ0n) is 24.4. The number of amides is 3. The molecule has 0 radical (unpaired) electrons. The van der Waals surface area contributed by atoms with E-state index >= 15 is 0 Å². The van der Waals surface area contributed by atoms with Gasteiger partial charge in [0, 0.05) is 37.5 Å². The number of carbonyl (C=O) groups is 6. The zero-order valence-corrected chi connectivity index (χ0v) is 24.4. The number of rotatable bonds is 3. The van der Waals surface area contributed by atoms with Gasteiger partial charge in [-0.05, 0) is 36.4 Å². The van der Waals surface area contributed by atoms with Gasteiger partial charge in [0.25, 0.3) is 35.6 Å². The number of aliphatic carboxylic acids is 3. The highest BCUT2D eigenvalue weighted by atomic mass is 16.4. The normalized spacial score (nSPS) is 8.70. The summed E-state index contributed by atoms with van der Waals surface area (Å²) in [4.78, 5) is 65.1. The second-order valence-corrected chi connectivity index (χ2v) is 8.20. The van der Waals surface area contributed by atoms with Gasteiger partial charge in [-0.2, -0.15) is 5.01 Å². The number of nitrogens with one attached hydrogen (secondary N) is 1. The first kappa shape index (κ1) is 37.9. The molecule has 0 fully saturated rings. The summed E-state index contributed by atoms with van der Waals surface area (Å²) in [6.45, 7) is 3.25.